The minimum absolute atomic E-state index is 0. The van der Waals surface area contributed by atoms with Gasteiger partial charge in [-0.1, -0.05) is 19.3 Å². The molecule has 1 aliphatic heterocycles. The van der Waals surface area contributed by atoms with Gasteiger partial charge < -0.3 is 19.8 Å². The van der Waals surface area contributed by atoms with Gasteiger partial charge in [0.25, 0.3) is 0 Å². The molecule has 1 saturated heterocycles. The summed E-state index contributed by atoms with van der Waals surface area (Å²) < 4.78 is 11.2. The molecule has 5 nitrogen and oxygen atoms in total. The first kappa shape index (κ1) is 20.6. The summed E-state index contributed by atoms with van der Waals surface area (Å²) in [6, 6.07) is 4.51. The molecule has 2 N–H and O–H groups in total. The Morgan fingerprint density at radius 2 is 1.96 bits per heavy atom. The maximum Gasteiger partial charge on any atom is 0.191 e. The highest BCUT2D eigenvalue weighted by Gasteiger charge is 2.16. The van der Waals surface area contributed by atoms with Crippen molar-refractivity contribution in [3.05, 3.63) is 24.2 Å². The van der Waals surface area contributed by atoms with E-state index in [1.54, 1.807) is 6.26 Å². The second-order valence-electron chi connectivity index (χ2n) is 6.91. The summed E-state index contributed by atoms with van der Waals surface area (Å²) in [5.74, 6) is 1.94. The van der Waals surface area contributed by atoms with E-state index in [9.17, 15) is 0 Å². The van der Waals surface area contributed by atoms with E-state index < -0.39 is 0 Å². The van der Waals surface area contributed by atoms with Crippen molar-refractivity contribution in [2.45, 2.75) is 69.9 Å². The summed E-state index contributed by atoms with van der Waals surface area (Å²) in [6.45, 7) is 2.47. The lowest BCUT2D eigenvalue weighted by Gasteiger charge is -2.26. The van der Waals surface area contributed by atoms with E-state index in [2.05, 4.69) is 10.6 Å². The van der Waals surface area contributed by atoms with Crippen LogP contribution in [0.1, 0.15) is 57.1 Å². The van der Waals surface area contributed by atoms with Crippen LogP contribution in [0.4, 0.5) is 0 Å². The lowest BCUT2D eigenvalue weighted by atomic mass is 9.96. The molecule has 2 aliphatic rings. The molecule has 0 aromatic carbocycles. The largest absolute Gasteiger partial charge is 0.469 e. The highest BCUT2D eigenvalue weighted by Crippen LogP contribution is 2.17. The van der Waals surface area contributed by atoms with E-state index in [-0.39, 0.29) is 30.1 Å². The normalized spacial score (nSPS) is 22.2. The van der Waals surface area contributed by atoms with Crippen molar-refractivity contribution in [3.8, 4) is 0 Å². The van der Waals surface area contributed by atoms with E-state index in [0.717, 1.165) is 44.3 Å². The van der Waals surface area contributed by atoms with Crippen LogP contribution in [0, 0.1) is 0 Å². The first-order chi connectivity index (χ1) is 11.9. The van der Waals surface area contributed by atoms with Crippen molar-refractivity contribution in [3.63, 3.8) is 0 Å². The number of nitrogens with one attached hydrogen (secondary N) is 2. The Balaban J connectivity index is 0.00000225. The van der Waals surface area contributed by atoms with Crippen molar-refractivity contribution in [1.29, 1.82) is 0 Å². The first-order valence-corrected chi connectivity index (χ1v) is 9.59. The van der Waals surface area contributed by atoms with Crippen molar-refractivity contribution < 1.29 is 9.15 Å². The van der Waals surface area contributed by atoms with Gasteiger partial charge in [0.15, 0.2) is 5.96 Å². The molecule has 142 valence electrons. The van der Waals surface area contributed by atoms with E-state index >= 15 is 0 Å². The number of hydrogen-bond donors (Lipinski definition) is 2. The average Bonchev–Trinajstić information content (AvgIpc) is 3.15. The van der Waals surface area contributed by atoms with E-state index in [4.69, 9.17) is 14.1 Å². The minimum atomic E-state index is 0. The van der Waals surface area contributed by atoms with Gasteiger partial charge in [0.2, 0.25) is 0 Å². The molecule has 1 unspecified atom stereocenters. The summed E-state index contributed by atoms with van der Waals surface area (Å²) >= 11 is 0. The van der Waals surface area contributed by atoms with Gasteiger partial charge in [-0.2, -0.15) is 0 Å². The van der Waals surface area contributed by atoms with Crippen LogP contribution in [-0.4, -0.2) is 37.8 Å². The van der Waals surface area contributed by atoms with Gasteiger partial charge in [-0.3, -0.25) is 4.99 Å². The Morgan fingerprint density at radius 1 is 1.12 bits per heavy atom. The molecule has 2 heterocycles. The molecule has 3 rings (SSSR count). The second kappa shape index (κ2) is 11.8. The van der Waals surface area contributed by atoms with Crippen molar-refractivity contribution in [2.75, 3.05) is 19.7 Å². The van der Waals surface area contributed by atoms with Crippen LogP contribution in [0.25, 0.3) is 0 Å². The summed E-state index contributed by atoms with van der Waals surface area (Å²) in [7, 11) is 0. The molecule has 0 amide bonds. The standard InChI is InChI=1S/C19H31N3O2.HI/c1-2-7-16(8-3-1)22-19(20-12-11-17-10-6-14-23-17)21-15-18-9-4-5-13-24-18;/h6,10,14,16,18H,1-5,7-9,11-13,15H2,(H2,20,21,22);1H. The Hall–Kier alpha value is -0.760. The zero-order chi connectivity index (χ0) is 16.5. The zero-order valence-corrected chi connectivity index (χ0v) is 17.4. The predicted octanol–water partition coefficient (Wildman–Crippen LogP) is 3.88. The molecular formula is C19H32IN3O2. The SMILES string of the molecule is I.c1coc(CCNC(=NCC2CCCCO2)NC2CCCCC2)c1. The third-order valence-electron chi connectivity index (χ3n) is 4.92. The Kier molecular flexibility index (Phi) is 9.68. The highest BCUT2D eigenvalue weighted by atomic mass is 127. The Morgan fingerprint density at radius 3 is 2.68 bits per heavy atom. The quantitative estimate of drug-likeness (QED) is 0.384. The summed E-state index contributed by atoms with van der Waals surface area (Å²) in [5, 5.41) is 7.10. The molecule has 25 heavy (non-hydrogen) atoms. The third-order valence-corrected chi connectivity index (χ3v) is 4.92. The lowest BCUT2D eigenvalue weighted by Crippen LogP contribution is -2.45. The number of halogens is 1. The van der Waals surface area contributed by atoms with Gasteiger partial charge in [0.1, 0.15) is 5.76 Å². The van der Waals surface area contributed by atoms with Gasteiger partial charge >= 0.3 is 0 Å². The molecule has 0 radical (unpaired) electrons. The van der Waals surface area contributed by atoms with Crippen LogP contribution in [0.3, 0.4) is 0 Å². The fraction of sp³-hybridized carbons (Fsp3) is 0.737. The van der Waals surface area contributed by atoms with Crippen LogP contribution in [0.2, 0.25) is 0 Å². The maximum absolute atomic E-state index is 5.80. The zero-order valence-electron chi connectivity index (χ0n) is 15.0. The van der Waals surface area contributed by atoms with Gasteiger partial charge in [0.05, 0.1) is 18.9 Å². The number of ether oxygens (including phenoxy) is 1. The fourth-order valence-corrected chi connectivity index (χ4v) is 3.50. The molecule has 1 aromatic heterocycles. The van der Waals surface area contributed by atoms with Gasteiger partial charge in [-0.25, -0.2) is 0 Å². The molecule has 2 fully saturated rings. The fourth-order valence-electron chi connectivity index (χ4n) is 3.50. The van der Waals surface area contributed by atoms with Gasteiger partial charge in [0, 0.05) is 25.6 Å². The number of nitrogens with zero attached hydrogens (tertiary/aromatic N) is 1. The molecule has 1 saturated carbocycles. The molecule has 1 atom stereocenters. The van der Waals surface area contributed by atoms with Gasteiger partial charge in [-0.05, 0) is 44.2 Å². The van der Waals surface area contributed by atoms with Crippen molar-refractivity contribution in [1.82, 2.24) is 10.6 Å². The van der Waals surface area contributed by atoms with Crippen LogP contribution in [0.5, 0.6) is 0 Å². The molecule has 6 heteroatoms. The summed E-state index contributed by atoms with van der Waals surface area (Å²) in [5.41, 5.74) is 0. The third kappa shape index (κ3) is 7.56. The van der Waals surface area contributed by atoms with E-state index in [0.29, 0.717) is 6.04 Å². The monoisotopic (exact) mass is 461 g/mol. The number of aliphatic imine (C=N–C) groups is 1. The van der Waals surface area contributed by atoms with E-state index in [1.165, 1.54) is 44.9 Å². The smallest absolute Gasteiger partial charge is 0.191 e. The number of hydrogen-bond acceptors (Lipinski definition) is 3. The van der Waals surface area contributed by atoms with Crippen LogP contribution < -0.4 is 10.6 Å². The topological polar surface area (TPSA) is 58.8 Å². The van der Waals surface area contributed by atoms with Crippen molar-refractivity contribution >= 4 is 29.9 Å². The molecule has 0 spiro atoms. The van der Waals surface area contributed by atoms with Gasteiger partial charge in [-0.15, -0.1) is 24.0 Å². The maximum atomic E-state index is 5.80. The number of furan rings is 1. The Labute approximate surface area is 168 Å². The highest BCUT2D eigenvalue weighted by molar-refractivity contribution is 14.0. The molecule has 1 aliphatic carbocycles. The van der Waals surface area contributed by atoms with E-state index in [1.807, 2.05) is 12.1 Å². The second-order valence-corrected chi connectivity index (χ2v) is 6.91. The minimum Gasteiger partial charge on any atom is -0.469 e. The van der Waals surface area contributed by atoms with Crippen LogP contribution >= 0.6 is 24.0 Å². The van der Waals surface area contributed by atoms with Crippen LogP contribution in [-0.2, 0) is 11.2 Å². The number of guanidine groups is 1. The summed E-state index contributed by atoms with van der Waals surface area (Å²) in [4.78, 5) is 4.80. The average molecular weight is 461 g/mol. The first-order valence-electron chi connectivity index (χ1n) is 9.59. The molecule has 1 aromatic rings. The Bertz CT molecular complexity index is 481. The number of rotatable bonds is 6. The predicted molar refractivity (Wildman–Crippen MR) is 112 cm³/mol. The lowest BCUT2D eigenvalue weighted by molar-refractivity contribution is 0.0224. The van der Waals surface area contributed by atoms with Crippen molar-refractivity contribution in [2.24, 2.45) is 4.99 Å². The molecular weight excluding hydrogens is 429 g/mol. The molecule has 0 bridgehead atoms. The summed E-state index contributed by atoms with van der Waals surface area (Å²) in [6.07, 6.45) is 13.0. The van der Waals surface area contributed by atoms with Crippen LogP contribution in [0.15, 0.2) is 27.8 Å².